The van der Waals surface area contributed by atoms with Gasteiger partial charge in [-0.15, -0.1) is 0 Å². The van der Waals surface area contributed by atoms with E-state index in [0.717, 1.165) is 28.6 Å². The zero-order chi connectivity index (χ0) is 23.1. The van der Waals surface area contributed by atoms with E-state index >= 15 is 0 Å². The number of H-pyrrole nitrogens is 2. The molecule has 0 unspecified atom stereocenters. The Morgan fingerprint density at radius 2 is 1.45 bits per heavy atom. The molecule has 4 rings (SSSR count). The number of aliphatic hydroxyl groups is 1. The molecule has 4 aromatic rings. The normalized spacial score (nSPS) is 11.4. The number of fused-ring (bicyclic) bond motifs is 2. The number of aromatic amines is 2. The highest BCUT2D eigenvalue weighted by Crippen LogP contribution is 2.20. The molecule has 10 nitrogen and oxygen atoms in total. The van der Waals surface area contributed by atoms with Crippen molar-refractivity contribution < 1.29 is 14.5 Å². The minimum atomic E-state index is 0. The van der Waals surface area contributed by atoms with Crippen LogP contribution in [-0.2, 0) is 4.79 Å². The van der Waals surface area contributed by atoms with E-state index in [0.29, 0.717) is 23.0 Å². The number of aldehydes is 1. The van der Waals surface area contributed by atoms with Gasteiger partial charge in [-0.1, -0.05) is 0 Å². The molecule has 0 bridgehead atoms. The Morgan fingerprint density at radius 3 is 1.88 bits per heavy atom. The van der Waals surface area contributed by atoms with Gasteiger partial charge in [-0.2, -0.15) is 0 Å². The minimum Gasteiger partial charge on any atom is -0.515 e. The number of aliphatic hydroxyl groups excluding tert-OH is 1. The maximum absolute atomic E-state index is 10.6. The van der Waals surface area contributed by atoms with Gasteiger partial charge in [0, 0.05) is 43.5 Å². The Hall–Kier alpha value is -4.34. The number of nitrogens with zero attached hydrogens (tertiary/aromatic N) is 6. The van der Waals surface area contributed by atoms with Crippen LogP contribution in [0.15, 0.2) is 49.6 Å². The van der Waals surface area contributed by atoms with Crippen LogP contribution in [0.1, 0.15) is 11.4 Å². The summed E-state index contributed by atoms with van der Waals surface area (Å²) in [6.45, 7) is 0. The third-order valence-corrected chi connectivity index (χ3v) is 4.32. The molecule has 0 amide bonds. The minimum absolute atomic E-state index is 0. The predicted octanol–water partition coefficient (Wildman–Crippen LogP) is 2.71. The zero-order valence-corrected chi connectivity index (χ0v) is 19.3. The second-order valence-corrected chi connectivity index (χ2v) is 7.27. The van der Waals surface area contributed by atoms with Crippen LogP contribution in [0, 0.1) is 7.43 Å². The molecule has 0 aliphatic carbocycles. The Bertz CT molecular complexity index is 1310. The number of allylic oxidation sites excluding steroid dienone is 2. The lowest BCUT2D eigenvalue weighted by Gasteiger charge is -2.07. The molecule has 0 fully saturated rings. The first-order valence-electron chi connectivity index (χ1n) is 9.70. The summed E-state index contributed by atoms with van der Waals surface area (Å²) in [5.74, 6) is 0. The van der Waals surface area contributed by atoms with Crippen LogP contribution >= 0.6 is 0 Å². The Kier molecular flexibility index (Phi) is 8.56. The van der Waals surface area contributed by atoms with Crippen molar-refractivity contribution in [3.05, 3.63) is 68.5 Å². The van der Waals surface area contributed by atoms with Crippen molar-refractivity contribution in [1.82, 2.24) is 34.8 Å². The summed E-state index contributed by atoms with van der Waals surface area (Å²) in [5.41, 5.74) is 4.04. The molecular formula is C23H28N8O2. The summed E-state index contributed by atoms with van der Waals surface area (Å²) in [6, 6.07) is 3.75. The first-order valence-corrected chi connectivity index (χ1v) is 9.70. The maximum Gasteiger partial charge on any atom is 0.173 e. The van der Waals surface area contributed by atoms with Gasteiger partial charge in [0.15, 0.2) is 12.5 Å². The Morgan fingerprint density at radius 1 is 0.939 bits per heavy atom. The highest BCUT2D eigenvalue weighted by molar-refractivity contribution is 6.11. The monoisotopic (exact) mass is 448 g/mol. The number of hydrogen-bond acceptors (Lipinski definition) is 7. The van der Waals surface area contributed by atoms with Gasteiger partial charge in [0.05, 0.1) is 28.8 Å². The van der Waals surface area contributed by atoms with Crippen molar-refractivity contribution in [2.75, 3.05) is 28.2 Å². The molecule has 4 aromatic heterocycles. The van der Waals surface area contributed by atoms with Crippen molar-refractivity contribution in [1.29, 1.82) is 0 Å². The van der Waals surface area contributed by atoms with Crippen molar-refractivity contribution >= 4 is 45.7 Å². The number of carbonyl (C=O) groups is 1. The second-order valence-electron chi connectivity index (χ2n) is 7.27. The smallest absolute Gasteiger partial charge is 0.173 e. The summed E-state index contributed by atoms with van der Waals surface area (Å²) >= 11 is 0. The number of aromatic nitrogens is 6. The molecule has 0 spiro atoms. The Labute approximate surface area is 192 Å². The molecule has 0 aliphatic heterocycles. The maximum atomic E-state index is 10.6. The first-order chi connectivity index (χ1) is 15.4. The molecule has 0 aromatic carbocycles. The fourth-order valence-corrected chi connectivity index (χ4v) is 3.06. The predicted molar refractivity (Wildman–Crippen MR) is 131 cm³/mol. The van der Waals surface area contributed by atoms with Crippen molar-refractivity contribution in [2.24, 2.45) is 0 Å². The third-order valence-electron chi connectivity index (χ3n) is 4.32. The fraction of sp³-hybridized carbons (Fsp3) is 0.174. The van der Waals surface area contributed by atoms with Gasteiger partial charge in [-0.05, 0) is 12.1 Å². The standard InChI is InChI=1S/C13H18N5.C9H7N3O2.CH3/c1-17(2)7-10(8-18(3)4)12-11-5-6-14-13(11)16-9-15-12;13-3-6(4-14)8-7-1-2-10-9(7)12-5-11-8;/h5-9H,1-4H3,(H,14,15,16);1-5,13H,(H,10,11,12);1H3/q+1;;-1/b;6-3+;. The number of nitrogens with one attached hydrogen (secondary N) is 2. The van der Waals surface area contributed by atoms with Gasteiger partial charge in [0.25, 0.3) is 0 Å². The van der Waals surface area contributed by atoms with Gasteiger partial charge in [0.2, 0.25) is 0 Å². The average molecular weight is 449 g/mol. The summed E-state index contributed by atoms with van der Waals surface area (Å²) < 4.78 is 2.01. The molecule has 172 valence electrons. The van der Waals surface area contributed by atoms with Crippen LogP contribution in [0.3, 0.4) is 0 Å². The molecule has 0 radical (unpaired) electrons. The molecule has 4 heterocycles. The number of hydrogen-bond donors (Lipinski definition) is 3. The highest BCUT2D eigenvalue weighted by atomic mass is 16.2. The topological polar surface area (TPSA) is 127 Å². The van der Waals surface area contributed by atoms with E-state index in [1.807, 2.05) is 49.9 Å². The molecule has 0 saturated heterocycles. The van der Waals surface area contributed by atoms with Crippen molar-refractivity contribution in [2.45, 2.75) is 0 Å². The van der Waals surface area contributed by atoms with E-state index < -0.39 is 0 Å². The van der Waals surface area contributed by atoms with E-state index in [9.17, 15) is 4.79 Å². The fourth-order valence-electron chi connectivity index (χ4n) is 3.06. The van der Waals surface area contributed by atoms with Gasteiger partial charge in [-0.3, -0.25) is 4.79 Å². The van der Waals surface area contributed by atoms with E-state index in [4.69, 9.17) is 5.11 Å². The highest BCUT2D eigenvalue weighted by Gasteiger charge is 2.11. The molecule has 10 heteroatoms. The summed E-state index contributed by atoms with van der Waals surface area (Å²) in [4.78, 5) is 35.1. The third kappa shape index (κ3) is 5.88. The average Bonchev–Trinajstić information content (AvgIpc) is 3.43. The quantitative estimate of drug-likeness (QED) is 0.107. The molecular weight excluding hydrogens is 420 g/mol. The summed E-state index contributed by atoms with van der Waals surface area (Å²) in [7, 11) is 8.00. The lowest BCUT2D eigenvalue weighted by atomic mass is 10.1. The van der Waals surface area contributed by atoms with Crippen LogP contribution in [-0.4, -0.2) is 85.2 Å². The molecule has 3 N–H and O–H groups in total. The van der Waals surface area contributed by atoms with Crippen LogP contribution in [0.5, 0.6) is 0 Å². The van der Waals surface area contributed by atoms with E-state index in [1.54, 1.807) is 18.6 Å². The SMILES string of the molecule is CN(C)/C=C(/C=[N+](C)C)c1ncnc2[nH]ccc12.O=C/C(=C\O)c1ncnc2[nH]ccc12.[CH3-]. The summed E-state index contributed by atoms with van der Waals surface area (Å²) in [6.07, 6.45) is 11.9. The van der Waals surface area contributed by atoms with Crippen LogP contribution in [0.25, 0.3) is 33.2 Å². The molecule has 33 heavy (non-hydrogen) atoms. The first kappa shape index (κ1) is 24.9. The van der Waals surface area contributed by atoms with Crippen molar-refractivity contribution in [3.8, 4) is 0 Å². The molecule has 0 saturated carbocycles. The lowest BCUT2D eigenvalue weighted by molar-refractivity contribution is -0.458. The largest absolute Gasteiger partial charge is 0.515 e. The summed E-state index contributed by atoms with van der Waals surface area (Å²) in [5, 5.41) is 10.6. The Balaban J connectivity index is 0.000000233. The molecule has 0 atom stereocenters. The van der Waals surface area contributed by atoms with Crippen LogP contribution < -0.4 is 0 Å². The van der Waals surface area contributed by atoms with Gasteiger partial charge in [-0.25, -0.2) is 24.5 Å². The van der Waals surface area contributed by atoms with Crippen LogP contribution in [0.4, 0.5) is 0 Å². The second kappa shape index (κ2) is 11.3. The van der Waals surface area contributed by atoms with Gasteiger partial charge >= 0.3 is 0 Å². The van der Waals surface area contributed by atoms with Gasteiger partial charge in [0.1, 0.15) is 38.0 Å². The van der Waals surface area contributed by atoms with Gasteiger partial charge < -0.3 is 27.4 Å². The van der Waals surface area contributed by atoms with E-state index in [1.165, 1.54) is 6.33 Å². The van der Waals surface area contributed by atoms with Crippen molar-refractivity contribution in [3.63, 3.8) is 0 Å². The molecule has 0 aliphatic rings. The van der Waals surface area contributed by atoms with Crippen LogP contribution in [0.2, 0.25) is 0 Å². The number of carbonyl (C=O) groups excluding carboxylic acids is 1. The lowest BCUT2D eigenvalue weighted by Crippen LogP contribution is -2.08. The zero-order valence-electron chi connectivity index (χ0n) is 19.3. The van der Waals surface area contributed by atoms with E-state index in [2.05, 4.69) is 42.3 Å². The van der Waals surface area contributed by atoms with E-state index in [-0.39, 0.29) is 13.0 Å². The number of rotatable bonds is 5.